The summed E-state index contributed by atoms with van der Waals surface area (Å²) in [7, 11) is 0. The molecule has 0 spiro atoms. The molecule has 2 aromatic heterocycles. The van der Waals surface area contributed by atoms with Crippen LogP contribution in [0.5, 0.6) is 0 Å². The van der Waals surface area contributed by atoms with Gasteiger partial charge in [0.2, 0.25) is 0 Å². The minimum absolute atomic E-state index is 0.225. The first kappa shape index (κ1) is 19.6. The van der Waals surface area contributed by atoms with Gasteiger partial charge in [0, 0.05) is 29.3 Å². The van der Waals surface area contributed by atoms with Crippen LogP contribution >= 0.6 is 0 Å². The summed E-state index contributed by atoms with van der Waals surface area (Å²) in [6, 6.07) is 16.3. The summed E-state index contributed by atoms with van der Waals surface area (Å²) in [5.41, 5.74) is 4.79. The fraction of sp³-hybridized carbons (Fsp3) is 0.208. The van der Waals surface area contributed by atoms with E-state index in [9.17, 15) is 4.79 Å². The Morgan fingerprint density at radius 2 is 1.83 bits per heavy atom. The zero-order valence-corrected chi connectivity index (χ0v) is 17.1. The summed E-state index contributed by atoms with van der Waals surface area (Å²) >= 11 is 0. The minimum atomic E-state index is -0.225. The molecule has 2 heterocycles. The minimum Gasteiger partial charge on any atom is -0.361 e. The lowest BCUT2D eigenvalue weighted by Crippen LogP contribution is -2.26. The Labute approximate surface area is 175 Å². The van der Waals surface area contributed by atoms with E-state index in [1.165, 1.54) is 22.7 Å². The SMILES string of the molecule is CC(C)c1ccccc1Nc1cnc(C(=O)NCCc2c[nH]c3ccccc23)cn1. The fourth-order valence-corrected chi connectivity index (χ4v) is 3.50. The molecule has 152 valence electrons. The molecule has 0 aliphatic carbocycles. The molecule has 2 aromatic carbocycles. The lowest BCUT2D eigenvalue weighted by atomic mass is 10.0. The highest BCUT2D eigenvalue weighted by Gasteiger charge is 2.10. The van der Waals surface area contributed by atoms with Gasteiger partial charge < -0.3 is 15.6 Å². The van der Waals surface area contributed by atoms with E-state index in [0.717, 1.165) is 17.6 Å². The molecule has 0 atom stereocenters. The van der Waals surface area contributed by atoms with Gasteiger partial charge in [-0.25, -0.2) is 9.97 Å². The maximum Gasteiger partial charge on any atom is 0.271 e. The third-order valence-corrected chi connectivity index (χ3v) is 5.08. The second-order valence-electron chi connectivity index (χ2n) is 7.52. The Kier molecular flexibility index (Phi) is 5.75. The molecular weight excluding hydrogens is 374 g/mol. The van der Waals surface area contributed by atoms with Gasteiger partial charge in [-0.1, -0.05) is 50.2 Å². The van der Waals surface area contributed by atoms with Crippen LogP contribution in [0.1, 0.15) is 41.4 Å². The number of aromatic nitrogens is 3. The molecule has 0 saturated heterocycles. The van der Waals surface area contributed by atoms with Crippen LogP contribution in [0, 0.1) is 0 Å². The van der Waals surface area contributed by atoms with Crippen molar-refractivity contribution in [3.8, 4) is 0 Å². The van der Waals surface area contributed by atoms with Crippen molar-refractivity contribution in [1.82, 2.24) is 20.3 Å². The molecule has 0 unspecified atom stereocenters. The van der Waals surface area contributed by atoms with Gasteiger partial charge >= 0.3 is 0 Å². The number of carbonyl (C=O) groups excluding carboxylic acids is 1. The van der Waals surface area contributed by atoms with Crippen LogP contribution < -0.4 is 10.6 Å². The van der Waals surface area contributed by atoms with Crippen molar-refractivity contribution >= 4 is 28.3 Å². The number of amides is 1. The topological polar surface area (TPSA) is 82.7 Å². The van der Waals surface area contributed by atoms with Crippen LogP contribution in [0.2, 0.25) is 0 Å². The van der Waals surface area contributed by atoms with Gasteiger partial charge in [-0.3, -0.25) is 4.79 Å². The number of aromatic amines is 1. The van der Waals surface area contributed by atoms with E-state index in [-0.39, 0.29) is 5.91 Å². The Morgan fingerprint density at radius 3 is 2.63 bits per heavy atom. The molecule has 1 amide bonds. The second kappa shape index (κ2) is 8.78. The maximum absolute atomic E-state index is 12.4. The number of benzene rings is 2. The van der Waals surface area contributed by atoms with Gasteiger partial charge in [-0.05, 0) is 35.6 Å². The van der Waals surface area contributed by atoms with Crippen LogP contribution in [0.15, 0.2) is 67.1 Å². The average Bonchev–Trinajstić information content (AvgIpc) is 3.17. The van der Waals surface area contributed by atoms with E-state index in [2.05, 4.69) is 51.6 Å². The average molecular weight is 399 g/mol. The largest absolute Gasteiger partial charge is 0.361 e. The number of hydrogen-bond acceptors (Lipinski definition) is 4. The van der Waals surface area contributed by atoms with Gasteiger partial charge in [-0.15, -0.1) is 0 Å². The molecule has 0 bridgehead atoms. The van der Waals surface area contributed by atoms with Crippen LogP contribution in [0.25, 0.3) is 10.9 Å². The van der Waals surface area contributed by atoms with Crippen LogP contribution in [-0.4, -0.2) is 27.4 Å². The van der Waals surface area contributed by atoms with E-state index < -0.39 is 0 Å². The van der Waals surface area contributed by atoms with Gasteiger partial charge in [0.1, 0.15) is 11.5 Å². The first-order valence-electron chi connectivity index (χ1n) is 10.1. The Morgan fingerprint density at radius 1 is 1.03 bits per heavy atom. The van der Waals surface area contributed by atoms with Crippen molar-refractivity contribution in [2.45, 2.75) is 26.2 Å². The highest BCUT2D eigenvalue weighted by atomic mass is 16.1. The number of rotatable bonds is 7. The standard InChI is InChI=1S/C24H25N5O/c1-16(2)18-7-3-6-10-21(18)29-23-15-27-22(14-28-23)24(30)25-12-11-17-13-26-20-9-5-4-8-19(17)20/h3-10,13-16,26H,11-12H2,1-2H3,(H,25,30)(H,28,29). The second-order valence-corrected chi connectivity index (χ2v) is 7.52. The van der Waals surface area contributed by atoms with E-state index in [0.29, 0.717) is 24.0 Å². The number of hydrogen-bond donors (Lipinski definition) is 3. The number of fused-ring (bicyclic) bond motifs is 1. The number of nitrogens with one attached hydrogen (secondary N) is 3. The molecule has 6 nitrogen and oxygen atoms in total. The first-order valence-corrected chi connectivity index (χ1v) is 10.1. The molecule has 0 saturated carbocycles. The number of para-hydroxylation sites is 2. The molecule has 4 aromatic rings. The van der Waals surface area contributed by atoms with E-state index >= 15 is 0 Å². The quantitative estimate of drug-likeness (QED) is 0.417. The first-order chi connectivity index (χ1) is 14.6. The molecule has 30 heavy (non-hydrogen) atoms. The molecule has 0 fully saturated rings. The summed E-state index contributed by atoms with van der Waals surface area (Å²) in [5.74, 6) is 0.777. The van der Waals surface area contributed by atoms with Gasteiger partial charge in [0.25, 0.3) is 5.91 Å². The lowest BCUT2D eigenvalue weighted by Gasteiger charge is -2.13. The van der Waals surface area contributed by atoms with E-state index in [4.69, 9.17) is 0 Å². The zero-order chi connectivity index (χ0) is 20.9. The molecule has 3 N–H and O–H groups in total. The van der Waals surface area contributed by atoms with Gasteiger partial charge in [0.05, 0.1) is 12.4 Å². The Bertz CT molecular complexity index is 1150. The van der Waals surface area contributed by atoms with Gasteiger partial charge in [-0.2, -0.15) is 0 Å². The van der Waals surface area contributed by atoms with Crippen LogP contribution in [0.4, 0.5) is 11.5 Å². The zero-order valence-electron chi connectivity index (χ0n) is 17.1. The predicted octanol–water partition coefficient (Wildman–Crippen LogP) is 4.80. The molecule has 4 rings (SSSR count). The number of nitrogens with zero attached hydrogens (tertiary/aromatic N) is 2. The van der Waals surface area contributed by atoms with Crippen LogP contribution in [0.3, 0.4) is 0 Å². The summed E-state index contributed by atoms with van der Waals surface area (Å²) in [6.07, 6.45) is 5.83. The summed E-state index contributed by atoms with van der Waals surface area (Å²) < 4.78 is 0. The predicted molar refractivity (Wildman–Crippen MR) is 120 cm³/mol. The Hall–Kier alpha value is -3.67. The van der Waals surface area contributed by atoms with Crippen molar-refractivity contribution in [1.29, 1.82) is 0 Å². The van der Waals surface area contributed by atoms with Crippen molar-refractivity contribution in [2.75, 3.05) is 11.9 Å². The molecule has 0 aliphatic rings. The lowest BCUT2D eigenvalue weighted by molar-refractivity contribution is 0.0949. The fourth-order valence-electron chi connectivity index (χ4n) is 3.50. The van der Waals surface area contributed by atoms with Crippen LogP contribution in [-0.2, 0) is 6.42 Å². The summed E-state index contributed by atoms with van der Waals surface area (Å²) in [5, 5.41) is 7.39. The summed E-state index contributed by atoms with van der Waals surface area (Å²) in [4.78, 5) is 24.3. The number of anilines is 2. The highest BCUT2D eigenvalue weighted by molar-refractivity contribution is 5.92. The maximum atomic E-state index is 12.4. The van der Waals surface area contributed by atoms with Crippen molar-refractivity contribution in [3.05, 3.63) is 83.9 Å². The third kappa shape index (κ3) is 4.33. The molecule has 6 heteroatoms. The van der Waals surface area contributed by atoms with Crippen molar-refractivity contribution < 1.29 is 4.79 Å². The Balaban J connectivity index is 1.35. The monoisotopic (exact) mass is 399 g/mol. The normalized spacial score (nSPS) is 11.0. The third-order valence-electron chi connectivity index (χ3n) is 5.08. The van der Waals surface area contributed by atoms with E-state index in [1.807, 2.05) is 42.6 Å². The molecular formula is C24H25N5O. The molecule has 0 radical (unpaired) electrons. The van der Waals surface area contributed by atoms with Gasteiger partial charge in [0.15, 0.2) is 0 Å². The summed E-state index contributed by atoms with van der Waals surface area (Å²) in [6.45, 7) is 4.83. The molecule has 0 aliphatic heterocycles. The van der Waals surface area contributed by atoms with Crippen molar-refractivity contribution in [2.24, 2.45) is 0 Å². The smallest absolute Gasteiger partial charge is 0.271 e. The number of carbonyl (C=O) groups is 1. The van der Waals surface area contributed by atoms with E-state index in [1.54, 1.807) is 6.20 Å². The number of H-pyrrole nitrogens is 1. The highest BCUT2D eigenvalue weighted by Crippen LogP contribution is 2.25. The van der Waals surface area contributed by atoms with Crippen molar-refractivity contribution in [3.63, 3.8) is 0 Å².